The monoisotopic (exact) mass is 938 g/mol. The van der Waals surface area contributed by atoms with E-state index in [2.05, 4.69) is 47.2 Å². The maximum absolute atomic E-state index is 14.5. The second-order valence-corrected chi connectivity index (χ2v) is 16.0. The summed E-state index contributed by atoms with van der Waals surface area (Å²) in [6, 6.07) is -0.0446. The molecular formula is C41H62N16O10. The molecule has 26 heteroatoms. The first-order valence-electron chi connectivity index (χ1n) is 21.7. The highest BCUT2D eigenvalue weighted by atomic mass is 16.3. The lowest BCUT2D eigenvalue weighted by atomic mass is 10.0. The third kappa shape index (κ3) is 18.8. The van der Waals surface area contributed by atoms with Crippen molar-refractivity contribution in [1.82, 2.24) is 42.1 Å². The van der Waals surface area contributed by atoms with Crippen LogP contribution >= 0.6 is 0 Å². The molecule has 9 amide bonds. The summed E-state index contributed by atoms with van der Waals surface area (Å²) in [4.78, 5) is 130. The van der Waals surface area contributed by atoms with Crippen LogP contribution in [0.15, 0.2) is 34.3 Å². The van der Waals surface area contributed by atoms with Crippen molar-refractivity contribution in [2.45, 2.75) is 113 Å². The van der Waals surface area contributed by atoms with E-state index < -0.39 is 102 Å². The molecule has 2 aliphatic heterocycles. The van der Waals surface area contributed by atoms with E-state index in [1.54, 1.807) is 12.1 Å². The number of primary amides is 1. The zero-order valence-corrected chi connectivity index (χ0v) is 37.3. The SMILES string of the molecule is CC(=O)N[C@@H](CCCN=C(N)N)C(=O)N[C@H]1CCC(=O)NCCC[C@@H](C(N)=O)NC(=O)CNC(=O)[C@H](CCCN=C(N)N)NC(=O)[C@@H](Cc2ccc(C#N)cc2)NC(=O)[C@@H]2C[C@@H](O)CN2C1=O. The first-order valence-corrected chi connectivity index (χ1v) is 21.7. The van der Waals surface area contributed by atoms with Crippen LogP contribution < -0.4 is 65.9 Å². The predicted molar refractivity (Wildman–Crippen MR) is 240 cm³/mol. The Kier molecular flexibility index (Phi) is 21.7. The van der Waals surface area contributed by atoms with E-state index in [9.17, 15) is 53.5 Å². The number of nitriles is 1. The number of nitrogens with zero attached hydrogens (tertiary/aromatic N) is 4. The first kappa shape index (κ1) is 53.8. The summed E-state index contributed by atoms with van der Waals surface area (Å²) in [6.07, 6.45) is -1.94. The maximum atomic E-state index is 14.5. The number of hydrogen-bond donors (Lipinski definition) is 13. The van der Waals surface area contributed by atoms with E-state index in [1.807, 2.05) is 6.07 Å². The molecule has 18 N–H and O–H groups in total. The van der Waals surface area contributed by atoms with E-state index in [-0.39, 0.29) is 102 Å². The topological polar surface area (TPSA) is 440 Å². The molecule has 0 aliphatic carbocycles. The van der Waals surface area contributed by atoms with E-state index in [0.717, 1.165) is 4.90 Å². The van der Waals surface area contributed by atoms with Crippen molar-refractivity contribution in [3.8, 4) is 6.07 Å². The lowest BCUT2D eigenvalue weighted by molar-refractivity contribution is -0.143. The number of aliphatic hydroxyl groups is 1. The third-order valence-corrected chi connectivity index (χ3v) is 10.6. The fraction of sp³-hybridized carbons (Fsp3) is 0.561. The van der Waals surface area contributed by atoms with Gasteiger partial charge in [-0.05, 0) is 62.6 Å². The highest BCUT2D eigenvalue weighted by molar-refractivity contribution is 5.97. The molecule has 3 rings (SSSR count). The average Bonchev–Trinajstić information content (AvgIpc) is 3.67. The van der Waals surface area contributed by atoms with Gasteiger partial charge in [-0.1, -0.05) is 12.1 Å². The fourth-order valence-electron chi connectivity index (χ4n) is 7.25. The third-order valence-electron chi connectivity index (χ3n) is 10.6. The number of hydrogen-bond acceptors (Lipinski definition) is 13. The Morgan fingerprint density at radius 1 is 0.866 bits per heavy atom. The van der Waals surface area contributed by atoms with Crippen molar-refractivity contribution in [2.24, 2.45) is 38.7 Å². The molecule has 0 aromatic heterocycles. The zero-order valence-electron chi connectivity index (χ0n) is 37.3. The molecule has 366 valence electrons. The number of fused-ring (bicyclic) bond motifs is 1. The van der Waals surface area contributed by atoms with Crippen LogP contribution in [0.1, 0.15) is 75.8 Å². The van der Waals surface area contributed by atoms with E-state index in [0.29, 0.717) is 11.1 Å². The molecule has 26 nitrogen and oxygen atoms in total. The number of carbonyl (C=O) groups is 9. The zero-order chi connectivity index (χ0) is 49.6. The van der Waals surface area contributed by atoms with Gasteiger partial charge in [0.05, 0.1) is 24.3 Å². The number of nitrogens with two attached hydrogens (primary N) is 5. The molecule has 2 fully saturated rings. The number of carbonyl (C=O) groups excluding carboxylic acids is 9. The quantitative estimate of drug-likeness (QED) is 0.0469. The van der Waals surface area contributed by atoms with Crippen molar-refractivity contribution in [1.29, 1.82) is 5.26 Å². The Morgan fingerprint density at radius 3 is 2.15 bits per heavy atom. The summed E-state index contributed by atoms with van der Waals surface area (Å²) in [6.45, 7) is 0.315. The second kappa shape index (κ2) is 27.0. The second-order valence-electron chi connectivity index (χ2n) is 16.0. The minimum atomic E-state index is -1.50. The molecule has 67 heavy (non-hydrogen) atoms. The van der Waals surface area contributed by atoms with Crippen molar-refractivity contribution in [3.63, 3.8) is 0 Å². The van der Waals surface area contributed by atoms with Gasteiger partial charge in [-0.3, -0.25) is 53.1 Å². The maximum Gasteiger partial charge on any atom is 0.245 e. The molecule has 2 saturated heterocycles. The van der Waals surface area contributed by atoms with Crippen LogP contribution in [0.25, 0.3) is 0 Å². The summed E-state index contributed by atoms with van der Waals surface area (Å²) < 4.78 is 0. The van der Waals surface area contributed by atoms with Gasteiger partial charge >= 0.3 is 0 Å². The number of nitrogens with one attached hydrogen (secondary N) is 7. The minimum absolute atomic E-state index is 0.00792. The molecule has 1 aromatic carbocycles. The van der Waals surface area contributed by atoms with Crippen LogP contribution in [0, 0.1) is 11.3 Å². The van der Waals surface area contributed by atoms with Gasteiger partial charge in [-0.2, -0.15) is 5.26 Å². The van der Waals surface area contributed by atoms with Crippen molar-refractivity contribution in [2.75, 3.05) is 32.7 Å². The summed E-state index contributed by atoms with van der Waals surface area (Å²) in [5.74, 6) is -7.54. The molecule has 0 spiro atoms. The number of amides is 9. The van der Waals surface area contributed by atoms with Gasteiger partial charge < -0.3 is 75.9 Å². The van der Waals surface area contributed by atoms with E-state index >= 15 is 0 Å². The molecule has 0 bridgehead atoms. The van der Waals surface area contributed by atoms with Crippen LogP contribution in [0.5, 0.6) is 0 Å². The number of aliphatic imine (C=N–C) groups is 2. The Balaban J connectivity index is 2.06. The van der Waals surface area contributed by atoms with Gasteiger partial charge in [0, 0.05) is 52.4 Å². The molecule has 1 aromatic rings. The van der Waals surface area contributed by atoms with Crippen LogP contribution in [0.2, 0.25) is 0 Å². The Hall–Kier alpha value is -7.56. The predicted octanol–water partition coefficient (Wildman–Crippen LogP) is -6.09. The molecular weight excluding hydrogens is 877 g/mol. The smallest absolute Gasteiger partial charge is 0.245 e. The van der Waals surface area contributed by atoms with Crippen LogP contribution in [0.3, 0.4) is 0 Å². The fourth-order valence-corrected chi connectivity index (χ4v) is 7.25. The number of guanidine groups is 2. The number of benzene rings is 1. The molecule has 0 saturated carbocycles. The van der Waals surface area contributed by atoms with Gasteiger partial charge in [0.1, 0.15) is 36.3 Å². The Bertz CT molecular complexity index is 2050. The normalized spacial score (nSPS) is 23.0. The summed E-state index contributed by atoms with van der Waals surface area (Å²) in [7, 11) is 0. The van der Waals surface area contributed by atoms with Crippen LogP contribution in [-0.4, -0.2) is 150 Å². The largest absolute Gasteiger partial charge is 0.391 e. The van der Waals surface area contributed by atoms with Gasteiger partial charge in [0.25, 0.3) is 0 Å². The first-order chi connectivity index (χ1) is 31.8. The summed E-state index contributed by atoms with van der Waals surface area (Å²) in [5.41, 5.74) is 28.0. The van der Waals surface area contributed by atoms with E-state index in [1.165, 1.54) is 19.1 Å². The van der Waals surface area contributed by atoms with Crippen molar-refractivity contribution >= 4 is 65.1 Å². The highest BCUT2D eigenvalue weighted by Crippen LogP contribution is 2.22. The minimum Gasteiger partial charge on any atom is -0.391 e. The van der Waals surface area contributed by atoms with Gasteiger partial charge in [-0.25, -0.2) is 0 Å². The average molecular weight is 939 g/mol. The van der Waals surface area contributed by atoms with Crippen molar-refractivity contribution < 1.29 is 48.3 Å². The van der Waals surface area contributed by atoms with Crippen LogP contribution in [-0.2, 0) is 49.6 Å². The van der Waals surface area contributed by atoms with Crippen molar-refractivity contribution in [3.05, 3.63) is 35.4 Å². The lowest BCUT2D eigenvalue weighted by Crippen LogP contribution is -2.59. The molecule has 7 atom stereocenters. The van der Waals surface area contributed by atoms with Gasteiger partial charge in [0.15, 0.2) is 11.9 Å². The van der Waals surface area contributed by atoms with Gasteiger partial charge in [0.2, 0.25) is 53.2 Å². The Labute approximate surface area is 386 Å². The molecule has 2 heterocycles. The molecule has 0 unspecified atom stereocenters. The van der Waals surface area contributed by atoms with Gasteiger partial charge in [-0.15, -0.1) is 0 Å². The standard InChI is InChI=1S/C41H62N16O10/c1-22(58)52-28(7-4-16-50-41(46)47)36(64)55-29-12-13-32(60)48-14-2-5-26(34(43)62)53-33(61)20-51-35(63)27(6-3-15-49-40(44)45)54-37(65)30(17-23-8-10-24(19-42)11-9-23)56-38(66)31-18-25(59)21-57(31)39(29)67/h8-11,25-31,59H,2-7,12-18,20-21H2,1H3,(H2,43,62)(H,48,60)(H,51,63)(H,52,58)(H,53,61)(H,54,65)(H,55,64)(H,56,66)(H4,44,45,49)(H4,46,47,50)/t25-,26+,27+,28+,29+,30-,31+/m1/s1. The molecule has 2 aliphatic rings. The number of rotatable bonds is 14. The summed E-state index contributed by atoms with van der Waals surface area (Å²) >= 11 is 0. The number of aliphatic hydroxyl groups excluding tert-OH is 1. The lowest BCUT2D eigenvalue weighted by Gasteiger charge is -2.30. The highest BCUT2D eigenvalue weighted by Gasteiger charge is 2.43. The Morgan fingerprint density at radius 2 is 1.52 bits per heavy atom. The summed E-state index contributed by atoms with van der Waals surface area (Å²) in [5, 5.41) is 38.1. The van der Waals surface area contributed by atoms with E-state index in [4.69, 9.17) is 28.7 Å². The van der Waals surface area contributed by atoms with Crippen LogP contribution in [0.4, 0.5) is 0 Å². The molecule has 0 radical (unpaired) electrons.